The van der Waals surface area contributed by atoms with Crippen molar-refractivity contribution >= 4 is 46.5 Å². The van der Waals surface area contributed by atoms with Crippen molar-refractivity contribution in [2.45, 2.75) is 90.4 Å². The summed E-state index contributed by atoms with van der Waals surface area (Å²) in [6.45, 7) is 6.18. The molecule has 4 rings (SSSR count). The fourth-order valence-corrected chi connectivity index (χ4v) is 6.36. The van der Waals surface area contributed by atoms with Gasteiger partial charge in [-0.2, -0.15) is 0 Å². The van der Waals surface area contributed by atoms with E-state index >= 15 is 0 Å². The van der Waals surface area contributed by atoms with E-state index in [1.165, 1.54) is 29.2 Å². The third-order valence-electron chi connectivity index (χ3n) is 9.77. The molecule has 0 unspecified atom stereocenters. The Morgan fingerprint density at radius 1 is 0.946 bits per heavy atom. The summed E-state index contributed by atoms with van der Waals surface area (Å²) in [6.07, 6.45) is 3.97. The molecule has 56 heavy (non-hydrogen) atoms. The number of halogens is 1. The molecule has 13 nitrogen and oxygen atoms in total. The van der Waals surface area contributed by atoms with Crippen LogP contribution in [0.5, 0.6) is 5.75 Å². The standard InChI is InChI=1S/C42H57FN6O7/c1-28-25-49(29(2)27-50)41(53)34-24-33(45-39(51)15-6-5-7-16-40(52)47-36-14-9-8-13-35(36)44)21-22-37(34)56-30(3)12-10-11-23-55-38(28)26-48(4)42(54)46-32-19-17-31(43)18-20-32/h8-9,13-14,17-22,24,28-30,38,50H,5-7,10-12,15-16,23,25-27,44H2,1-4H3,(H,45,51)(H,46,54)(H,47,52)/t28-,29+,30+,38-/m0/s1. The molecular formula is C42H57FN6O7. The SMILES string of the molecule is C[C@@H]1CCCCO[C@@H](CN(C)C(=O)Nc2ccc(F)cc2)[C@@H](C)CN([C@H](C)CO)C(=O)c2cc(NC(=O)CCCCCC(=O)Nc3ccccc3N)ccc2O1. The molecule has 3 aromatic rings. The zero-order chi connectivity index (χ0) is 40.6. The number of carbonyl (C=O) groups excluding carboxylic acids is 4. The third kappa shape index (κ3) is 13.5. The van der Waals surface area contributed by atoms with E-state index in [-0.39, 0.29) is 61.4 Å². The quantitative estimate of drug-likeness (QED) is 0.0921. The van der Waals surface area contributed by atoms with Gasteiger partial charge in [0.25, 0.3) is 5.91 Å². The summed E-state index contributed by atoms with van der Waals surface area (Å²) in [5.74, 6) is -1.05. The van der Waals surface area contributed by atoms with Gasteiger partial charge >= 0.3 is 6.03 Å². The molecule has 0 saturated heterocycles. The predicted molar refractivity (Wildman–Crippen MR) is 216 cm³/mol. The molecule has 0 bridgehead atoms. The zero-order valence-corrected chi connectivity index (χ0v) is 32.9. The van der Waals surface area contributed by atoms with Gasteiger partial charge in [-0.1, -0.05) is 25.5 Å². The highest BCUT2D eigenvalue weighted by molar-refractivity contribution is 6.00. The van der Waals surface area contributed by atoms with Crippen LogP contribution >= 0.6 is 0 Å². The number of unbranched alkanes of at least 4 members (excludes halogenated alkanes) is 2. The molecule has 4 atom stereocenters. The molecule has 0 aliphatic carbocycles. The number of aliphatic hydroxyl groups excluding tert-OH is 1. The first-order valence-corrected chi connectivity index (χ1v) is 19.4. The topological polar surface area (TPSA) is 176 Å². The maximum Gasteiger partial charge on any atom is 0.321 e. The molecular weight excluding hydrogens is 719 g/mol. The van der Waals surface area contributed by atoms with Crippen LogP contribution in [-0.4, -0.2) is 90.3 Å². The lowest BCUT2D eigenvalue weighted by molar-refractivity contribution is -0.116. The van der Waals surface area contributed by atoms with Gasteiger partial charge in [0.05, 0.1) is 41.8 Å². The van der Waals surface area contributed by atoms with Crippen LogP contribution in [0.25, 0.3) is 0 Å². The lowest BCUT2D eigenvalue weighted by Crippen LogP contribution is -2.48. The molecule has 0 saturated carbocycles. The second kappa shape index (κ2) is 21.8. The van der Waals surface area contributed by atoms with E-state index in [0.717, 1.165) is 12.8 Å². The minimum absolute atomic E-state index is 0.140. The van der Waals surface area contributed by atoms with Gasteiger partial charge in [0.2, 0.25) is 11.8 Å². The van der Waals surface area contributed by atoms with Crippen LogP contribution in [0.2, 0.25) is 0 Å². The van der Waals surface area contributed by atoms with Crippen LogP contribution in [-0.2, 0) is 14.3 Å². The van der Waals surface area contributed by atoms with Gasteiger partial charge in [0.1, 0.15) is 11.6 Å². The van der Waals surface area contributed by atoms with Gasteiger partial charge in [-0.25, -0.2) is 9.18 Å². The summed E-state index contributed by atoms with van der Waals surface area (Å²) in [5.41, 5.74) is 8.11. The second-order valence-electron chi connectivity index (χ2n) is 14.6. The fourth-order valence-electron chi connectivity index (χ4n) is 6.36. The van der Waals surface area contributed by atoms with Gasteiger partial charge < -0.3 is 46.1 Å². The predicted octanol–water partition coefficient (Wildman–Crippen LogP) is 6.90. The molecule has 14 heteroatoms. The Kier molecular flexibility index (Phi) is 16.9. The van der Waals surface area contributed by atoms with Crippen molar-refractivity contribution in [3.05, 3.63) is 78.1 Å². The number of urea groups is 1. The van der Waals surface area contributed by atoms with Gasteiger partial charge in [0.15, 0.2) is 0 Å². The second-order valence-corrected chi connectivity index (χ2v) is 14.6. The summed E-state index contributed by atoms with van der Waals surface area (Å²) in [7, 11) is 1.65. The van der Waals surface area contributed by atoms with Gasteiger partial charge in [-0.15, -0.1) is 0 Å². The van der Waals surface area contributed by atoms with Crippen molar-refractivity contribution in [1.82, 2.24) is 9.80 Å². The summed E-state index contributed by atoms with van der Waals surface area (Å²) in [5, 5.41) is 18.8. The third-order valence-corrected chi connectivity index (χ3v) is 9.77. The van der Waals surface area contributed by atoms with Crippen LogP contribution in [0, 0.1) is 11.7 Å². The smallest absolute Gasteiger partial charge is 0.321 e. The number of likely N-dealkylation sites (N-methyl/N-ethyl adjacent to an activating group) is 1. The Bertz CT molecular complexity index is 1760. The summed E-state index contributed by atoms with van der Waals surface area (Å²) in [6, 6.07) is 16.6. The number of hydrogen-bond donors (Lipinski definition) is 5. The molecule has 0 aromatic heterocycles. The maximum absolute atomic E-state index is 14.4. The Morgan fingerprint density at radius 2 is 1.62 bits per heavy atom. The van der Waals surface area contributed by atoms with Gasteiger partial charge in [-0.3, -0.25) is 14.4 Å². The lowest BCUT2D eigenvalue weighted by Gasteiger charge is -2.35. The number of nitrogen functional groups attached to an aromatic ring is 1. The number of nitrogens with two attached hydrogens (primary N) is 1. The highest BCUT2D eigenvalue weighted by Crippen LogP contribution is 2.29. The van der Waals surface area contributed by atoms with Crippen LogP contribution in [0.1, 0.15) is 82.5 Å². The Hall–Kier alpha value is -5.21. The van der Waals surface area contributed by atoms with E-state index in [1.54, 1.807) is 61.3 Å². The largest absolute Gasteiger partial charge is 0.490 e. The molecule has 304 valence electrons. The number of nitrogens with one attached hydrogen (secondary N) is 3. The summed E-state index contributed by atoms with van der Waals surface area (Å²) < 4.78 is 26.1. The van der Waals surface area contributed by atoms with Gasteiger partial charge in [-0.05, 0) is 101 Å². The number of rotatable bonds is 13. The number of para-hydroxylation sites is 2. The van der Waals surface area contributed by atoms with Crippen molar-refractivity contribution in [1.29, 1.82) is 0 Å². The van der Waals surface area contributed by atoms with E-state index in [2.05, 4.69) is 16.0 Å². The lowest BCUT2D eigenvalue weighted by atomic mass is 10.0. The van der Waals surface area contributed by atoms with Crippen molar-refractivity contribution in [2.75, 3.05) is 55.0 Å². The minimum atomic E-state index is -0.575. The highest BCUT2D eigenvalue weighted by atomic mass is 19.1. The van der Waals surface area contributed by atoms with E-state index in [1.807, 2.05) is 13.8 Å². The van der Waals surface area contributed by atoms with E-state index in [0.29, 0.717) is 67.2 Å². The molecule has 1 aliphatic heterocycles. The van der Waals surface area contributed by atoms with Crippen molar-refractivity contribution in [3.8, 4) is 5.75 Å². The van der Waals surface area contributed by atoms with E-state index in [9.17, 15) is 28.7 Å². The molecule has 1 aliphatic rings. The normalized spacial score (nSPS) is 18.4. The highest BCUT2D eigenvalue weighted by Gasteiger charge is 2.31. The van der Waals surface area contributed by atoms with Crippen LogP contribution < -0.4 is 26.4 Å². The number of hydrogen-bond acceptors (Lipinski definition) is 8. The first-order chi connectivity index (χ1) is 26.8. The number of nitrogens with zero attached hydrogens (tertiary/aromatic N) is 2. The number of anilines is 4. The molecule has 1 heterocycles. The molecule has 6 N–H and O–H groups in total. The maximum atomic E-state index is 14.4. The molecule has 3 aromatic carbocycles. The fraction of sp³-hybridized carbons (Fsp3) is 0.476. The Balaban J connectivity index is 1.43. The number of fused-ring (bicyclic) bond motifs is 1. The average molecular weight is 777 g/mol. The number of amides is 5. The zero-order valence-electron chi connectivity index (χ0n) is 32.9. The first kappa shape index (κ1) is 43.5. The number of benzene rings is 3. The minimum Gasteiger partial charge on any atom is -0.490 e. The molecule has 0 fully saturated rings. The monoisotopic (exact) mass is 776 g/mol. The van der Waals surface area contributed by atoms with Crippen molar-refractivity contribution in [2.24, 2.45) is 5.92 Å². The number of aliphatic hydroxyl groups is 1. The number of ether oxygens (including phenoxy) is 2. The van der Waals surface area contributed by atoms with Gasteiger partial charge in [0, 0.05) is 56.9 Å². The average Bonchev–Trinajstić information content (AvgIpc) is 3.17. The molecule has 0 spiro atoms. The first-order valence-electron chi connectivity index (χ1n) is 19.4. The Morgan fingerprint density at radius 3 is 2.32 bits per heavy atom. The molecule has 0 radical (unpaired) electrons. The van der Waals surface area contributed by atoms with Crippen molar-refractivity contribution in [3.63, 3.8) is 0 Å². The summed E-state index contributed by atoms with van der Waals surface area (Å²) in [4.78, 5) is 55.9. The van der Waals surface area contributed by atoms with E-state index in [4.69, 9.17) is 15.2 Å². The molecule has 5 amide bonds. The van der Waals surface area contributed by atoms with E-state index < -0.39 is 24.0 Å². The van der Waals surface area contributed by atoms with Crippen LogP contribution in [0.3, 0.4) is 0 Å². The number of carbonyl (C=O) groups is 4. The summed E-state index contributed by atoms with van der Waals surface area (Å²) >= 11 is 0. The van der Waals surface area contributed by atoms with Crippen molar-refractivity contribution < 1.29 is 38.1 Å². The van der Waals surface area contributed by atoms with Crippen LogP contribution in [0.15, 0.2) is 66.7 Å². The Labute approximate surface area is 329 Å². The van der Waals surface area contributed by atoms with Crippen LogP contribution in [0.4, 0.5) is 31.9 Å².